The molecule has 0 heterocycles. The lowest BCUT2D eigenvalue weighted by Crippen LogP contribution is -2.37. The van der Waals surface area contributed by atoms with Crippen molar-refractivity contribution < 1.29 is 14.9 Å². The smallest absolute Gasteiger partial charge is 0.108 e. The SMILES string of the molecule is CCC[C@@H](O)[C@H](OC)[C@H](C)O. The van der Waals surface area contributed by atoms with Gasteiger partial charge in [0.05, 0.1) is 12.2 Å². The molecule has 0 saturated heterocycles. The standard InChI is InChI=1S/C8H18O3/c1-4-5-7(10)8(11-3)6(2)9/h6-10H,4-5H2,1-3H3/t6-,7+,8+/m0/s1. The summed E-state index contributed by atoms with van der Waals surface area (Å²) in [6, 6.07) is 0. The molecule has 0 aliphatic heterocycles. The highest BCUT2D eigenvalue weighted by molar-refractivity contribution is 4.72. The molecule has 0 radical (unpaired) electrons. The van der Waals surface area contributed by atoms with Crippen LogP contribution in [0.2, 0.25) is 0 Å². The summed E-state index contributed by atoms with van der Waals surface area (Å²) in [7, 11) is 1.50. The van der Waals surface area contributed by atoms with Crippen molar-refractivity contribution in [2.75, 3.05) is 7.11 Å². The van der Waals surface area contributed by atoms with Crippen molar-refractivity contribution in [3.05, 3.63) is 0 Å². The molecule has 0 aliphatic rings. The predicted octanol–water partition coefficient (Wildman–Crippen LogP) is 0.543. The molecule has 0 amide bonds. The summed E-state index contributed by atoms with van der Waals surface area (Å²) in [4.78, 5) is 0. The highest BCUT2D eigenvalue weighted by atomic mass is 16.5. The van der Waals surface area contributed by atoms with E-state index in [1.54, 1.807) is 6.92 Å². The van der Waals surface area contributed by atoms with Gasteiger partial charge in [-0.2, -0.15) is 0 Å². The Labute approximate surface area is 68.0 Å². The average Bonchev–Trinajstić information content (AvgIpc) is 1.88. The van der Waals surface area contributed by atoms with E-state index in [-0.39, 0.29) is 0 Å². The van der Waals surface area contributed by atoms with E-state index < -0.39 is 18.3 Å². The number of aliphatic hydroxyl groups excluding tert-OH is 2. The molecule has 0 bridgehead atoms. The van der Waals surface area contributed by atoms with Crippen molar-refractivity contribution in [1.82, 2.24) is 0 Å². The zero-order valence-corrected chi connectivity index (χ0v) is 7.45. The maximum Gasteiger partial charge on any atom is 0.108 e. The quantitative estimate of drug-likeness (QED) is 0.620. The van der Waals surface area contributed by atoms with Crippen LogP contribution in [-0.2, 0) is 4.74 Å². The molecule has 0 aliphatic carbocycles. The molecule has 0 spiro atoms. The number of methoxy groups -OCH3 is 1. The number of aliphatic hydroxyl groups is 2. The molecule has 2 N–H and O–H groups in total. The van der Waals surface area contributed by atoms with Gasteiger partial charge in [0.15, 0.2) is 0 Å². The maximum atomic E-state index is 9.39. The normalized spacial score (nSPS) is 19.4. The lowest BCUT2D eigenvalue weighted by atomic mass is 10.1. The lowest BCUT2D eigenvalue weighted by Gasteiger charge is -2.23. The number of hydrogen-bond acceptors (Lipinski definition) is 3. The van der Waals surface area contributed by atoms with Gasteiger partial charge in [0.25, 0.3) is 0 Å². The van der Waals surface area contributed by atoms with Crippen molar-refractivity contribution >= 4 is 0 Å². The van der Waals surface area contributed by atoms with Crippen LogP contribution in [0.1, 0.15) is 26.7 Å². The Balaban J connectivity index is 3.81. The van der Waals surface area contributed by atoms with E-state index in [0.717, 1.165) is 6.42 Å². The van der Waals surface area contributed by atoms with E-state index in [2.05, 4.69) is 0 Å². The molecule has 11 heavy (non-hydrogen) atoms. The van der Waals surface area contributed by atoms with Crippen molar-refractivity contribution in [3.63, 3.8) is 0 Å². The third-order valence-electron chi connectivity index (χ3n) is 1.71. The second-order valence-electron chi connectivity index (χ2n) is 2.80. The highest BCUT2D eigenvalue weighted by Crippen LogP contribution is 2.08. The van der Waals surface area contributed by atoms with Gasteiger partial charge >= 0.3 is 0 Å². The molecule has 3 nitrogen and oxygen atoms in total. The summed E-state index contributed by atoms with van der Waals surface area (Å²) in [6.07, 6.45) is -0.0431. The summed E-state index contributed by atoms with van der Waals surface area (Å²) in [5, 5.41) is 18.5. The van der Waals surface area contributed by atoms with Crippen LogP contribution in [0.5, 0.6) is 0 Å². The molecule has 3 atom stereocenters. The zero-order valence-electron chi connectivity index (χ0n) is 7.45. The number of rotatable bonds is 5. The van der Waals surface area contributed by atoms with E-state index >= 15 is 0 Å². The van der Waals surface area contributed by atoms with Gasteiger partial charge in [-0.1, -0.05) is 13.3 Å². The van der Waals surface area contributed by atoms with Crippen LogP contribution < -0.4 is 0 Å². The van der Waals surface area contributed by atoms with Crippen molar-refractivity contribution in [2.24, 2.45) is 0 Å². The van der Waals surface area contributed by atoms with E-state index in [9.17, 15) is 5.11 Å². The van der Waals surface area contributed by atoms with Crippen molar-refractivity contribution in [2.45, 2.75) is 45.0 Å². The summed E-state index contributed by atoms with van der Waals surface area (Å²) >= 11 is 0. The fourth-order valence-corrected chi connectivity index (χ4v) is 1.14. The highest BCUT2D eigenvalue weighted by Gasteiger charge is 2.22. The fourth-order valence-electron chi connectivity index (χ4n) is 1.14. The molecule has 0 unspecified atom stereocenters. The molecule has 3 heteroatoms. The van der Waals surface area contributed by atoms with Crippen LogP contribution in [0.15, 0.2) is 0 Å². The van der Waals surface area contributed by atoms with Gasteiger partial charge in [0, 0.05) is 7.11 Å². The molecule has 0 fully saturated rings. The van der Waals surface area contributed by atoms with Gasteiger partial charge in [-0.15, -0.1) is 0 Å². The minimum absolute atomic E-state index is 0.449. The molecular formula is C8H18O3. The Morgan fingerprint density at radius 2 is 1.91 bits per heavy atom. The first-order chi connectivity index (χ1) is 5.13. The zero-order chi connectivity index (χ0) is 8.85. The topological polar surface area (TPSA) is 49.7 Å². The minimum atomic E-state index is -0.610. The Bertz CT molecular complexity index is 93.3. The van der Waals surface area contributed by atoms with E-state index in [1.165, 1.54) is 7.11 Å². The third-order valence-corrected chi connectivity index (χ3v) is 1.71. The van der Waals surface area contributed by atoms with E-state index in [4.69, 9.17) is 9.84 Å². The summed E-state index contributed by atoms with van der Waals surface area (Å²) in [6.45, 7) is 3.60. The minimum Gasteiger partial charge on any atom is -0.391 e. The van der Waals surface area contributed by atoms with Gasteiger partial charge in [-0.3, -0.25) is 0 Å². The molecular weight excluding hydrogens is 144 g/mol. The first-order valence-corrected chi connectivity index (χ1v) is 4.02. The maximum absolute atomic E-state index is 9.39. The predicted molar refractivity (Wildman–Crippen MR) is 43.4 cm³/mol. The number of hydrogen-bond donors (Lipinski definition) is 2. The summed E-state index contributed by atoms with van der Waals surface area (Å²) in [5.41, 5.74) is 0. The Kier molecular flexibility index (Phi) is 5.46. The van der Waals surface area contributed by atoms with Gasteiger partial charge in [-0.25, -0.2) is 0 Å². The van der Waals surface area contributed by atoms with Crippen molar-refractivity contribution in [1.29, 1.82) is 0 Å². The lowest BCUT2D eigenvalue weighted by molar-refractivity contribution is -0.0772. The van der Waals surface area contributed by atoms with Gasteiger partial charge < -0.3 is 14.9 Å². The summed E-state index contributed by atoms with van der Waals surface area (Å²) in [5.74, 6) is 0. The fraction of sp³-hybridized carbons (Fsp3) is 1.00. The Hall–Kier alpha value is -0.120. The van der Waals surface area contributed by atoms with Crippen LogP contribution in [0.4, 0.5) is 0 Å². The monoisotopic (exact) mass is 162 g/mol. The Morgan fingerprint density at radius 3 is 2.18 bits per heavy atom. The van der Waals surface area contributed by atoms with Gasteiger partial charge in [0.1, 0.15) is 6.10 Å². The van der Waals surface area contributed by atoms with Gasteiger partial charge in [0.2, 0.25) is 0 Å². The molecule has 0 aromatic carbocycles. The summed E-state index contributed by atoms with van der Waals surface area (Å²) < 4.78 is 4.93. The molecule has 0 saturated carbocycles. The molecule has 0 rings (SSSR count). The van der Waals surface area contributed by atoms with Crippen molar-refractivity contribution in [3.8, 4) is 0 Å². The van der Waals surface area contributed by atoms with Crippen LogP contribution in [0, 0.1) is 0 Å². The first-order valence-electron chi connectivity index (χ1n) is 4.02. The number of ether oxygens (including phenoxy) is 1. The first kappa shape index (κ1) is 10.9. The largest absolute Gasteiger partial charge is 0.391 e. The molecule has 0 aromatic rings. The average molecular weight is 162 g/mol. The molecule has 0 aromatic heterocycles. The van der Waals surface area contributed by atoms with E-state index in [1.807, 2.05) is 6.92 Å². The van der Waals surface area contributed by atoms with Gasteiger partial charge in [-0.05, 0) is 13.3 Å². The second-order valence-corrected chi connectivity index (χ2v) is 2.80. The second kappa shape index (κ2) is 5.52. The van der Waals surface area contributed by atoms with Crippen LogP contribution >= 0.6 is 0 Å². The third kappa shape index (κ3) is 3.70. The van der Waals surface area contributed by atoms with E-state index in [0.29, 0.717) is 6.42 Å². The van der Waals surface area contributed by atoms with Crippen LogP contribution in [0.3, 0.4) is 0 Å². The van der Waals surface area contributed by atoms with Crippen LogP contribution in [-0.4, -0.2) is 35.6 Å². The molecule has 68 valence electrons. The Morgan fingerprint density at radius 1 is 1.36 bits per heavy atom. The van der Waals surface area contributed by atoms with Crippen LogP contribution in [0.25, 0.3) is 0 Å².